The van der Waals surface area contributed by atoms with Crippen LogP contribution in [0.5, 0.6) is 0 Å². The van der Waals surface area contributed by atoms with Crippen molar-refractivity contribution in [2.75, 3.05) is 0 Å². The van der Waals surface area contributed by atoms with E-state index in [0.29, 0.717) is 12.1 Å². The monoisotopic (exact) mass is 122 g/mol. The van der Waals surface area contributed by atoms with Gasteiger partial charge in [0, 0.05) is 12.6 Å². The molecule has 0 saturated carbocycles. The molecule has 1 aliphatic rings. The van der Waals surface area contributed by atoms with Gasteiger partial charge in [0.05, 0.1) is 5.71 Å². The second kappa shape index (κ2) is 2.91. The first-order valence-corrected chi connectivity index (χ1v) is 2.62. The van der Waals surface area contributed by atoms with Crippen molar-refractivity contribution >= 4 is 18.3 Å². The maximum atomic E-state index is 10.1. The van der Waals surface area contributed by atoms with Crippen LogP contribution in [0.25, 0.3) is 0 Å². The van der Waals surface area contributed by atoms with Crippen LogP contribution in [0.2, 0.25) is 0 Å². The SMILES string of the molecule is O=CC1=NC=NC=CC1. The van der Waals surface area contributed by atoms with E-state index in [1.165, 1.54) is 6.34 Å². The number of allylic oxidation sites excluding steroid dienone is 1. The maximum absolute atomic E-state index is 10.1. The lowest BCUT2D eigenvalue weighted by Gasteiger charge is -1.83. The molecule has 0 aromatic rings. The van der Waals surface area contributed by atoms with Gasteiger partial charge in [0.2, 0.25) is 0 Å². The number of rotatable bonds is 1. The van der Waals surface area contributed by atoms with Crippen molar-refractivity contribution in [1.29, 1.82) is 0 Å². The van der Waals surface area contributed by atoms with Crippen LogP contribution in [-0.4, -0.2) is 18.3 Å². The number of nitrogens with zero attached hydrogens (tertiary/aromatic N) is 2. The van der Waals surface area contributed by atoms with Gasteiger partial charge in [0.25, 0.3) is 0 Å². The van der Waals surface area contributed by atoms with Crippen LogP contribution < -0.4 is 0 Å². The summed E-state index contributed by atoms with van der Waals surface area (Å²) in [6.07, 6.45) is 6.11. The number of aliphatic imine (C=N–C) groups is 2. The molecule has 0 aliphatic carbocycles. The Morgan fingerprint density at radius 3 is 3.33 bits per heavy atom. The molecule has 0 unspecified atom stereocenters. The minimum atomic E-state index is 0.521. The van der Waals surface area contributed by atoms with Crippen molar-refractivity contribution in [2.24, 2.45) is 9.98 Å². The van der Waals surface area contributed by atoms with Gasteiger partial charge in [-0.05, 0) is 0 Å². The average molecular weight is 122 g/mol. The van der Waals surface area contributed by atoms with Gasteiger partial charge in [0.15, 0.2) is 6.29 Å². The van der Waals surface area contributed by atoms with E-state index in [1.54, 1.807) is 12.3 Å². The summed E-state index contributed by atoms with van der Waals surface area (Å²) in [5.41, 5.74) is 0.521. The highest BCUT2D eigenvalue weighted by Crippen LogP contribution is 1.90. The molecule has 1 rings (SSSR count). The largest absolute Gasteiger partial charge is 0.297 e. The summed E-state index contributed by atoms with van der Waals surface area (Å²) in [6, 6.07) is 0. The van der Waals surface area contributed by atoms with Gasteiger partial charge < -0.3 is 0 Å². The molecule has 0 aromatic heterocycles. The predicted molar refractivity (Wildman–Crippen MR) is 35.7 cm³/mol. The third-order valence-corrected chi connectivity index (χ3v) is 0.945. The fourth-order valence-corrected chi connectivity index (χ4v) is 0.512. The predicted octanol–water partition coefficient (Wildman–Crippen LogP) is 0.572. The lowest BCUT2D eigenvalue weighted by Crippen LogP contribution is -1.96. The summed E-state index contributed by atoms with van der Waals surface area (Å²) in [5.74, 6) is 0. The van der Waals surface area contributed by atoms with Crippen LogP contribution in [0.15, 0.2) is 22.3 Å². The van der Waals surface area contributed by atoms with E-state index >= 15 is 0 Å². The topological polar surface area (TPSA) is 41.8 Å². The summed E-state index contributed by atoms with van der Waals surface area (Å²) in [5, 5.41) is 0. The molecule has 3 heteroatoms. The molecule has 0 amide bonds. The Labute approximate surface area is 52.8 Å². The molecule has 0 aromatic carbocycles. The first-order chi connectivity index (χ1) is 4.43. The Hall–Kier alpha value is -1.25. The fourth-order valence-electron chi connectivity index (χ4n) is 0.512. The van der Waals surface area contributed by atoms with Crippen LogP contribution in [0, 0.1) is 0 Å². The molecule has 3 nitrogen and oxygen atoms in total. The molecule has 1 heterocycles. The fraction of sp³-hybridized carbons (Fsp3) is 0.167. The van der Waals surface area contributed by atoms with Gasteiger partial charge in [-0.1, -0.05) is 6.08 Å². The van der Waals surface area contributed by atoms with Crippen molar-refractivity contribution in [3.05, 3.63) is 12.3 Å². The van der Waals surface area contributed by atoms with Gasteiger partial charge in [-0.3, -0.25) is 4.79 Å². The maximum Gasteiger partial charge on any atom is 0.164 e. The summed E-state index contributed by atoms with van der Waals surface area (Å²) in [7, 11) is 0. The molecule has 0 atom stereocenters. The Kier molecular flexibility index (Phi) is 1.90. The quantitative estimate of drug-likeness (QED) is 0.469. The summed E-state index contributed by atoms with van der Waals surface area (Å²) in [4.78, 5) is 17.5. The van der Waals surface area contributed by atoms with E-state index in [9.17, 15) is 4.79 Å². The van der Waals surface area contributed by atoms with Crippen molar-refractivity contribution in [2.45, 2.75) is 6.42 Å². The van der Waals surface area contributed by atoms with E-state index in [0.717, 1.165) is 6.29 Å². The second-order valence-corrected chi connectivity index (χ2v) is 1.59. The zero-order valence-corrected chi connectivity index (χ0v) is 4.82. The molecule has 0 spiro atoms. The number of carbonyl (C=O) groups is 1. The molecule has 0 N–H and O–H groups in total. The average Bonchev–Trinajstić information content (AvgIpc) is 2.13. The molecule has 1 aliphatic heterocycles. The first kappa shape index (κ1) is 5.88. The Morgan fingerprint density at radius 2 is 2.56 bits per heavy atom. The number of carbonyl (C=O) groups excluding carboxylic acids is 1. The highest BCUT2D eigenvalue weighted by atomic mass is 16.1. The lowest BCUT2D eigenvalue weighted by atomic mass is 10.3. The van der Waals surface area contributed by atoms with Crippen LogP contribution in [0.4, 0.5) is 0 Å². The second-order valence-electron chi connectivity index (χ2n) is 1.59. The summed E-state index contributed by atoms with van der Waals surface area (Å²) < 4.78 is 0. The van der Waals surface area contributed by atoms with Gasteiger partial charge in [-0.2, -0.15) is 0 Å². The molecule has 0 saturated heterocycles. The number of hydrogen-bond acceptors (Lipinski definition) is 3. The zero-order valence-electron chi connectivity index (χ0n) is 4.82. The lowest BCUT2D eigenvalue weighted by molar-refractivity contribution is -0.102. The smallest absolute Gasteiger partial charge is 0.164 e. The van der Waals surface area contributed by atoms with Gasteiger partial charge in [-0.25, -0.2) is 9.98 Å². The van der Waals surface area contributed by atoms with Gasteiger partial charge in [-0.15, -0.1) is 0 Å². The van der Waals surface area contributed by atoms with E-state index in [2.05, 4.69) is 9.98 Å². The number of aldehydes is 1. The third kappa shape index (κ3) is 1.60. The molecule has 0 bridgehead atoms. The molecule has 0 fully saturated rings. The van der Waals surface area contributed by atoms with Gasteiger partial charge >= 0.3 is 0 Å². The van der Waals surface area contributed by atoms with Crippen LogP contribution >= 0.6 is 0 Å². The van der Waals surface area contributed by atoms with E-state index < -0.39 is 0 Å². The molecular weight excluding hydrogens is 116 g/mol. The van der Waals surface area contributed by atoms with Crippen molar-refractivity contribution < 1.29 is 4.79 Å². The van der Waals surface area contributed by atoms with Crippen molar-refractivity contribution in [3.8, 4) is 0 Å². The highest BCUT2D eigenvalue weighted by Gasteiger charge is 1.92. The summed E-state index contributed by atoms with van der Waals surface area (Å²) >= 11 is 0. The molecular formula is C6H6N2O. The summed E-state index contributed by atoms with van der Waals surface area (Å²) in [6.45, 7) is 0. The van der Waals surface area contributed by atoms with Crippen LogP contribution in [0.3, 0.4) is 0 Å². The van der Waals surface area contributed by atoms with E-state index in [1.807, 2.05) is 0 Å². The van der Waals surface area contributed by atoms with Crippen LogP contribution in [0.1, 0.15) is 6.42 Å². The van der Waals surface area contributed by atoms with Crippen LogP contribution in [-0.2, 0) is 4.79 Å². The molecule has 9 heavy (non-hydrogen) atoms. The normalized spacial score (nSPS) is 16.7. The molecule has 0 radical (unpaired) electrons. The standard InChI is InChI=1S/C6H6N2O/c9-4-6-2-1-3-7-5-8-6/h1,3-5H,2H2. The van der Waals surface area contributed by atoms with E-state index in [4.69, 9.17) is 0 Å². The Balaban J connectivity index is 2.73. The minimum Gasteiger partial charge on any atom is -0.297 e. The zero-order chi connectivity index (χ0) is 6.53. The Bertz CT molecular complexity index is 191. The third-order valence-electron chi connectivity index (χ3n) is 0.945. The first-order valence-electron chi connectivity index (χ1n) is 2.62. The van der Waals surface area contributed by atoms with Gasteiger partial charge in [0.1, 0.15) is 6.34 Å². The minimum absolute atomic E-state index is 0.521. The number of hydrogen-bond donors (Lipinski definition) is 0. The highest BCUT2D eigenvalue weighted by molar-refractivity contribution is 6.30. The Morgan fingerprint density at radius 1 is 1.67 bits per heavy atom. The van der Waals surface area contributed by atoms with Crippen molar-refractivity contribution in [1.82, 2.24) is 0 Å². The van der Waals surface area contributed by atoms with E-state index in [-0.39, 0.29) is 0 Å². The van der Waals surface area contributed by atoms with Crippen molar-refractivity contribution in [3.63, 3.8) is 0 Å². The molecule has 46 valence electrons.